The lowest BCUT2D eigenvalue weighted by atomic mass is 10.1. The van der Waals surface area contributed by atoms with Crippen LogP contribution in [0.5, 0.6) is 0 Å². The van der Waals surface area contributed by atoms with Crippen molar-refractivity contribution in [2.24, 2.45) is 0 Å². The van der Waals surface area contributed by atoms with Crippen molar-refractivity contribution in [3.05, 3.63) is 22.9 Å². The molecule has 0 spiro atoms. The third kappa shape index (κ3) is 3.43. The maximum absolute atomic E-state index is 4.62. The monoisotopic (exact) mass is 233 g/mol. The van der Waals surface area contributed by atoms with Crippen molar-refractivity contribution in [3.63, 3.8) is 0 Å². The molecule has 94 valence electrons. The Morgan fingerprint density at radius 2 is 2.12 bits per heavy atom. The molecule has 0 aliphatic heterocycles. The molecule has 0 atom stereocenters. The lowest BCUT2D eigenvalue weighted by molar-refractivity contribution is 0.683. The van der Waals surface area contributed by atoms with E-state index in [1.165, 1.54) is 24.0 Å². The van der Waals surface area contributed by atoms with Crippen molar-refractivity contribution in [2.75, 3.05) is 11.9 Å². The van der Waals surface area contributed by atoms with E-state index in [9.17, 15) is 0 Å². The van der Waals surface area contributed by atoms with Crippen LogP contribution in [0, 0.1) is 13.8 Å². The SMILES string of the molecule is CCCNc1nc(C)cc(C)c1CNC1CC1. The predicted molar refractivity (Wildman–Crippen MR) is 72.4 cm³/mol. The molecule has 1 aliphatic carbocycles. The largest absolute Gasteiger partial charge is 0.370 e. The first-order valence-electron chi connectivity index (χ1n) is 6.65. The third-order valence-electron chi connectivity index (χ3n) is 3.16. The Morgan fingerprint density at radius 3 is 2.76 bits per heavy atom. The first-order valence-corrected chi connectivity index (χ1v) is 6.65. The van der Waals surface area contributed by atoms with E-state index in [-0.39, 0.29) is 0 Å². The molecular formula is C14H23N3. The van der Waals surface area contributed by atoms with Crippen LogP contribution in [-0.2, 0) is 6.54 Å². The first-order chi connectivity index (χ1) is 8.20. The third-order valence-corrected chi connectivity index (χ3v) is 3.16. The van der Waals surface area contributed by atoms with Gasteiger partial charge in [0.25, 0.3) is 0 Å². The van der Waals surface area contributed by atoms with Gasteiger partial charge in [0.1, 0.15) is 5.82 Å². The van der Waals surface area contributed by atoms with E-state index in [1.54, 1.807) is 0 Å². The van der Waals surface area contributed by atoms with Gasteiger partial charge in [-0.25, -0.2) is 4.98 Å². The fraction of sp³-hybridized carbons (Fsp3) is 0.643. The fourth-order valence-electron chi connectivity index (χ4n) is 2.01. The van der Waals surface area contributed by atoms with Gasteiger partial charge in [-0.3, -0.25) is 0 Å². The average molecular weight is 233 g/mol. The van der Waals surface area contributed by atoms with E-state index in [0.29, 0.717) is 0 Å². The second-order valence-electron chi connectivity index (χ2n) is 4.99. The molecule has 17 heavy (non-hydrogen) atoms. The van der Waals surface area contributed by atoms with Crippen molar-refractivity contribution in [1.82, 2.24) is 10.3 Å². The van der Waals surface area contributed by atoms with Gasteiger partial charge in [0.15, 0.2) is 0 Å². The van der Waals surface area contributed by atoms with Gasteiger partial charge in [-0.2, -0.15) is 0 Å². The van der Waals surface area contributed by atoms with Gasteiger partial charge in [-0.05, 0) is 44.7 Å². The summed E-state index contributed by atoms with van der Waals surface area (Å²) in [5.74, 6) is 1.07. The summed E-state index contributed by atoms with van der Waals surface area (Å²) < 4.78 is 0. The number of hydrogen-bond acceptors (Lipinski definition) is 3. The van der Waals surface area contributed by atoms with Gasteiger partial charge >= 0.3 is 0 Å². The molecule has 1 aromatic heterocycles. The molecule has 0 aromatic carbocycles. The van der Waals surface area contributed by atoms with E-state index >= 15 is 0 Å². The average Bonchev–Trinajstić information content (AvgIpc) is 3.08. The lowest BCUT2D eigenvalue weighted by Crippen LogP contribution is -2.18. The summed E-state index contributed by atoms with van der Waals surface area (Å²) in [5, 5.41) is 7.01. The summed E-state index contributed by atoms with van der Waals surface area (Å²) in [6, 6.07) is 2.91. The molecule has 0 bridgehead atoms. The number of aromatic nitrogens is 1. The smallest absolute Gasteiger partial charge is 0.131 e. The molecule has 3 nitrogen and oxygen atoms in total. The highest BCUT2D eigenvalue weighted by molar-refractivity contribution is 5.49. The van der Waals surface area contributed by atoms with Crippen LogP contribution in [0.15, 0.2) is 6.07 Å². The van der Waals surface area contributed by atoms with Gasteiger partial charge < -0.3 is 10.6 Å². The Bertz CT molecular complexity index is 383. The second-order valence-corrected chi connectivity index (χ2v) is 4.99. The Labute approximate surface area is 104 Å². The topological polar surface area (TPSA) is 37.0 Å². The quantitative estimate of drug-likeness (QED) is 0.793. The van der Waals surface area contributed by atoms with Crippen molar-refractivity contribution in [3.8, 4) is 0 Å². The minimum absolute atomic E-state index is 0.745. The molecular weight excluding hydrogens is 210 g/mol. The van der Waals surface area contributed by atoms with E-state index in [4.69, 9.17) is 0 Å². The van der Waals surface area contributed by atoms with Crippen LogP contribution in [0.2, 0.25) is 0 Å². The van der Waals surface area contributed by atoms with Gasteiger partial charge in [-0.1, -0.05) is 6.92 Å². The maximum Gasteiger partial charge on any atom is 0.131 e. The molecule has 0 amide bonds. The number of hydrogen-bond donors (Lipinski definition) is 2. The molecule has 1 heterocycles. The Hall–Kier alpha value is -1.09. The number of pyridine rings is 1. The molecule has 2 N–H and O–H groups in total. The number of aryl methyl sites for hydroxylation is 2. The molecule has 0 unspecified atom stereocenters. The van der Waals surface area contributed by atoms with Gasteiger partial charge in [0, 0.05) is 30.4 Å². The van der Waals surface area contributed by atoms with Crippen LogP contribution in [0.3, 0.4) is 0 Å². The van der Waals surface area contributed by atoms with Crippen molar-refractivity contribution >= 4 is 5.82 Å². The van der Waals surface area contributed by atoms with Gasteiger partial charge in [0.2, 0.25) is 0 Å². The summed E-state index contributed by atoms with van der Waals surface area (Å²) in [4.78, 5) is 4.62. The zero-order valence-corrected chi connectivity index (χ0v) is 11.1. The minimum atomic E-state index is 0.745. The van der Waals surface area contributed by atoms with E-state index in [2.05, 4.69) is 42.5 Å². The molecule has 1 saturated carbocycles. The highest BCUT2D eigenvalue weighted by Gasteiger charge is 2.21. The van der Waals surface area contributed by atoms with Crippen molar-refractivity contribution in [2.45, 2.75) is 52.6 Å². The number of anilines is 1. The minimum Gasteiger partial charge on any atom is -0.370 e. The normalized spacial score (nSPS) is 15.0. The maximum atomic E-state index is 4.62. The predicted octanol–water partition coefficient (Wildman–Crippen LogP) is 2.77. The molecule has 3 heteroatoms. The summed E-state index contributed by atoms with van der Waals surface area (Å²) in [5.41, 5.74) is 3.76. The Morgan fingerprint density at radius 1 is 1.35 bits per heavy atom. The molecule has 0 saturated heterocycles. The molecule has 1 fully saturated rings. The van der Waals surface area contributed by atoms with Crippen molar-refractivity contribution < 1.29 is 0 Å². The fourth-order valence-corrected chi connectivity index (χ4v) is 2.01. The van der Waals surface area contributed by atoms with Crippen LogP contribution in [0.25, 0.3) is 0 Å². The van der Waals surface area contributed by atoms with Crippen LogP contribution >= 0.6 is 0 Å². The van der Waals surface area contributed by atoms with E-state index < -0.39 is 0 Å². The zero-order valence-electron chi connectivity index (χ0n) is 11.1. The highest BCUT2D eigenvalue weighted by atomic mass is 15.0. The van der Waals surface area contributed by atoms with Crippen LogP contribution in [-0.4, -0.2) is 17.6 Å². The first kappa shape index (κ1) is 12.4. The van der Waals surface area contributed by atoms with Gasteiger partial charge in [0.05, 0.1) is 0 Å². The van der Waals surface area contributed by atoms with Crippen LogP contribution < -0.4 is 10.6 Å². The molecule has 1 aromatic rings. The summed E-state index contributed by atoms with van der Waals surface area (Å²) in [6.07, 6.45) is 3.79. The van der Waals surface area contributed by atoms with Crippen LogP contribution in [0.1, 0.15) is 43.0 Å². The zero-order chi connectivity index (χ0) is 12.3. The summed E-state index contributed by atoms with van der Waals surface area (Å²) >= 11 is 0. The Kier molecular flexibility index (Phi) is 4.00. The second kappa shape index (κ2) is 5.50. The van der Waals surface area contributed by atoms with E-state index in [0.717, 1.165) is 37.1 Å². The Balaban J connectivity index is 2.12. The molecule has 0 radical (unpaired) electrons. The molecule has 2 rings (SSSR count). The van der Waals surface area contributed by atoms with Crippen LogP contribution in [0.4, 0.5) is 5.82 Å². The highest BCUT2D eigenvalue weighted by Crippen LogP contribution is 2.23. The lowest BCUT2D eigenvalue weighted by Gasteiger charge is -2.15. The van der Waals surface area contributed by atoms with Gasteiger partial charge in [-0.15, -0.1) is 0 Å². The summed E-state index contributed by atoms with van der Waals surface area (Å²) in [7, 11) is 0. The number of nitrogens with one attached hydrogen (secondary N) is 2. The standard InChI is InChI=1S/C14H23N3/c1-4-7-15-14-13(9-16-12-5-6-12)10(2)8-11(3)17-14/h8,12,16H,4-7,9H2,1-3H3,(H,15,17). The van der Waals surface area contributed by atoms with E-state index in [1.807, 2.05) is 0 Å². The number of nitrogens with zero attached hydrogens (tertiary/aromatic N) is 1. The number of rotatable bonds is 6. The molecule has 1 aliphatic rings. The summed E-state index contributed by atoms with van der Waals surface area (Å²) in [6.45, 7) is 8.35. The van der Waals surface area contributed by atoms with Crippen molar-refractivity contribution in [1.29, 1.82) is 0 Å².